The van der Waals surface area contributed by atoms with Crippen molar-refractivity contribution in [2.45, 2.75) is 24.3 Å². The second-order valence-electron chi connectivity index (χ2n) is 4.35. The molecule has 0 saturated heterocycles. The van der Waals surface area contributed by atoms with Crippen LogP contribution in [-0.2, 0) is 6.42 Å². The Bertz CT molecular complexity index is 740. The minimum absolute atomic E-state index is 0.324. The van der Waals surface area contributed by atoms with Gasteiger partial charge in [-0.25, -0.2) is 4.98 Å². The Kier molecular flexibility index (Phi) is 3.36. The van der Waals surface area contributed by atoms with E-state index in [0.717, 1.165) is 27.4 Å². The van der Waals surface area contributed by atoms with Gasteiger partial charge in [0.15, 0.2) is 0 Å². The molecule has 3 heterocycles. The average Bonchev–Trinajstić information content (AvgIpc) is 3.02. The fraction of sp³-hybridized carbons (Fsp3) is 0.231. The number of imidazole rings is 1. The number of aromatic amines is 1. The van der Waals surface area contributed by atoms with Gasteiger partial charge in [-0.05, 0) is 33.8 Å². The number of fused-ring (bicyclic) bond motifs is 1. The first-order valence-corrected chi connectivity index (χ1v) is 7.65. The molecule has 1 unspecified atom stereocenters. The van der Waals surface area contributed by atoms with E-state index in [-0.39, 0.29) is 5.92 Å². The van der Waals surface area contributed by atoms with Gasteiger partial charge in [0.05, 0.1) is 32.8 Å². The highest BCUT2D eigenvalue weighted by atomic mass is 79.9. The molecule has 0 radical (unpaired) electrons. The molecule has 0 aliphatic carbocycles. The third kappa shape index (κ3) is 2.05. The Morgan fingerprint density at radius 3 is 3.05 bits per heavy atom. The number of thioether (sulfide) groups is 1. The molecule has 3 rings (SSSR count). The molecule has 0 aromatic carbocycles. The summed E-state index contributed by atoms with van der Waals surface area (Å²) in [5.74, 6) is 1.23. The van der Waals surface area contributed by atoms with E-state index in [1.807, 2.05) is 13.0 Å². The highest BCUT2D eigenvalue weighted by molar-refractivity contribution is 9.10. The molecular formula is C13H11BrN4OS. The Morgan fingerprint density at radius 2 is 2.45 bits per heavy atom. The number of allylic oxidation sites excluding steroid dienone is 1. The molecule has 102 valence electrons. The number of hydrogen-bond acceptors (Lipinski definition) is 5. The van der Waals surface area contributed by atoms with Crippen molar-refractivity contribution >= 4 is 27.7 Å². The normalized spacial score (nSPS) is 17.9. The maximum Gasteiger partial charge on any atom is 0.125 e. The molecule has 0 saturated carbocycles. The largest absolute Gasteiger partial charge is 0.467 e. The van der Waals surface area contributed by atoms with E-state index in [4.69, 9.17) is 10.2 Å². The molecular weight excluding hydrogens is 340 g/mol. The van der Waals surface area contributed by atoms with E-state index < -0.39 is 0 Å². The van der Waals surface area contributed by atoms with Crippen LogP contribution in [-0.4, -0.2) is 9.97 Å². The zero-order valence-corrected chi connectivity index (χ0v) is 13.0. The van der Waals surface area contributed by atoms with Crippen molar-refractivity contribution in [1.29, 1.82) is 5.26 Å². The van der Waals surface area contributed by atoms with Crippen molar-refractivity contribution in [2.24, 2.45) is 5.73 Å². The van der Waals surface area contributed by atoms with Crippen molar-refractivity contribution in [3.05, 3.63) is 44.7 Å². The molecule has 0 spiro atoms. The minimum Gasteiger partial charge on any atom is -0.467 e. The van der Waals surface area contributed by atoms with Crippen LogP contribution >= 0.6 is 27.7 Å². The van der Waals surface area contributed by atoms with Gasteiger partial charge in [-0.2, -0.15) is 5.26 Å². The summed E-state index contributed by atoms with van der Waals surface area (Å²) in [7, 11) is 0. The number of nitrogens with one attached hydrogen (secondary N) is 1. The van der Waals surface area contributed by atoms with E-state index in [0.29, 0.717) is 16.4 Å². The topological polar surface area (TPSA) is 91.6 Å². The summed E-state index contributed by atoms with van der Waals surface area (Å²) in [6.45, 7) is 2.02. The molecule has 1 atom stereocenters. The van der Waals surface area contributed by atoms with Crippen LogP contribution in [0.2, 0.25) is 0 Å². The molecule has 2 aromatic rings. The maximum atomic E-state index is 9.40. The van der Waals surface area contributed by atoms with Gasteiger partial charge in [0, 0.05) is 6.42 Å². The molecule has 1 aliphatic heterocycles. The summed E-state index contributed by atoms with van der Waals surface area (Å²) in [5.41, 5.74) is 7.37. The van der Waals surface area contributed by atoms with Crippen LogP contribution in [0.25, 0.3) is 0 Å². The first kappa shape index (κ1) is 13.3. The van der Waals surface area contributed by atoms with Crippen molar-refractivity contribution in [3.63, 3.8) is 0 Å². The van der Waals surface area contributed by atoms with Gasteiger partial charge in [0.25, 0.3) is 0 Å². The Balaban J connectivity index is 2.18. The van der Waals surface area contributed by atoms with Crippen molar-refractivity contribution in [3.8, 4) is 6.07 Å². The molecule has 5 nitrogen and oxygen atoms in total. The number of nitriles is 1. The van der Waals surface area contributed by atoms with E-state index in [9.17, 15) is 5.26 Å². The molecule has 7 heteroatoms. The van der Waals surface area contributed by atoms with Gasteiger partial charge in [0.1, 0.15) is 22.9 Å². The number of furan rings is 1. The molecule has 3 N–H and O–H groups in total. The second kappa shape index (κ2) is 5.04. The highest BCUT2D eigenvalue weighted by Gasteiger charge is 2.34. The van der Waals surface area contributed by atoms with Gasteiger partial charge in [-0.15, -0.1) is 0 Å². The summed E-state index contributed by atoms with van der Waals surface area (Å²) >= 11 is 4.68. The number of hydrogen-bond donors (Lipinski definition) is 2. The number of nitrogens with two attached hydrogens (primary N) is 1. The summed E-state index contributed by atoms with van der Waals surface area (Å²) < 4.78 is 6.37. The van der Waals surface area contributed by atoms with Crippen LogP contribution in [0.1, 0.15) is 30.1 Å². The lowest BCUT2D eigenvalue weighted by molar-refractivity contribution is 0.497. The van der Waals surface area contributed by atoms with Crippen LogP contribution in [0.5, 0.6) is 0 Å². The molecule has 0 fully saturated rings. The third-order valence-electron chi connectivity index (χ3n) is 3.12. The first-order valence-electron chi connectivity index (χ1n) is 6.04. The molecule has 2 aromatic heterocycles. The predicted octanol–water partition coefficient (Wildman–Crippen LogP) is 3.26. The van der Waals surface area contributed by atoms with Crippen LogP contribution in [0.15, 0.2) is 36.8 Å². The van der Waals surface area contributed by atoms with Crippen molar-refractivity contribution in [2.75, 3.05) is 0 Å². The van der Waals surface area contributed by atoms with Gasteiger partial charge < -0.3 is 15.1 Å². The third-order valence-corrected chi connectivity index (χ3v) is 4.48. The second-order valence-corrected chi connectivity index (χ2v) is 6.29. The number of aryl methyl sites for hydroxylation is 1. The van der Waals surface area contributed by atoms with Gasteiger partial charge in [0.2, 0.25) is 0 Å². The fourth-order valence-electron chi connectivity index (χ4n) is 2.19. The van der Waals surface area contributed by atoms with E-state index >= 15 is 0 Å². The van der Waals surface area contributed by atoms with Gasteiger partial charge >= 0.3 is 0 Å². The number of halogens is 1. The van der Waals surface area contributed by atoms with E-state index in [2.05, 4.69) is 32.0 Å². The minimum atomic E-state index is -0.324. The van der Waals surface area contributed by atoms with Crippen LogP contribution < -0.4 is 5.73 Å². The number of aromatic nitrogens is 2. The molecule has 0 amide bonds. The Morgan fingerprint density at radius 1 is 1.65 bits per heavy atom. The number of nitrogens with zero attached hydrogens (tertiary/aromatic N) is 2. The van der Waals surface area contributed by atoms with Crippen LogP contribution in [0, 0.1) is 11.3 Å². The zero-order chi connectivity index (χ0) is 14.3. The number of H-pyrrole nitrogens is 1. The van der Waals surface area contributed by atoms with Crippen molar-refractivity contribution < 1.29 is 4.42 Å². The smallest absolute Gasteiger partial charge is 0.125 e. The van der Waals surface area contributed by atoms with Crippen molar-refractivity contribution in [1.82, 2.24) is 9.97 Å². The monoisotopic (exact) mass is 350 g/mol. The van der Waals surface area contributed by atoms with Crippen LogP contribution in [0.4, 0.5) is 0 Å². The first-order chi connectivity index (χ1) is 9.63. The quantitative estimate of drug-likeness (QED) is 0.867. The molecule has 0 bridgehead atoms. The lowest BCUT2D eigenvalue weighted by Gasteiger charge is -2.20. The average molecular weight is 351 g/mol. The molecule has 1 aliphatic rings. The summed E-state index contributed by atoms with van der Waals surface area (Å²) in [6, 6.07) is 4.04. The summed E-state index contributed by atoms with van der Waals surface area (Å²) in [5, 5.41) is 10.7. The summed E-state index contributed by atoms with van der Waals surface area (Å²) in [4.78, 5) is 7.78. The Hall–Kier alpha value is -1.65. The molecule has 20 heavy (non-hydrogen) atoms. The highest BCUT2D eigenvalue weighted by Crippen LogP contribution is 2.45. The fourth-order valence-corrected chi connectivity index (χ4v) is 3.43. The van der Waals surface area contributed by atoms with E-state index in [1.54, 1.807) is 6.26 Å². The summed E-state index contributed by atoms with van der Waals surface area (Å²) in [6.07, 6.45) is 2.39. The lowest BCUT2D eigenvalue weighted by Crippen LogP contribution is -2.14. The maximum absolute atomic E-state index is 9.40. The number of rotatable bonds is 2. The van der Waals surface area contributed by atoms with Gasteiger partial charge in [-0.3, -0.25) is 0 Å². The standard InChI is InChI=1S/C13H11BrN4OS/c1-2-9-17-11-10(8-3-6(14)5-19-8)7(4-15)12(16)20-13(11)18-9/h3,5,10H,2,16H2,1H3,(H,17,18). The zero-order valence-electron chi connectivity index (χ0n) is 10.6. The van der Waals surface area contributed by atoms with Gasteiger partial charge in [-0.1, -0.05) is 6.92 Å². The lowest BCUT2D eigenvalue weighted by atomic mass is 9.94. The van der Waals surface area contributed by atoms with E-state index in [1.165, 1.54) is 11.8 Å². The Labute approximate surface area is 128 Å². The predicted molar refractivity (Wildman–Crippen MR) is 78.9 cm³/mol. The van der Waals surface area contributed by atoms with Crippen LogP contribution in [0.3, 0.4) is 0 Å². The SMILES string of the molecule is CCc1nc2c([nH]1)C(c1cc(Br)co1)C(C#N)=C(N)S2.